The topological polar surface area (TPSA) is 95.2 Å². The Morgan fingerprint density at radius 1 is 1.28 bits per heavy atom. The normalized spacial score (nSPS) is 25.2. The predicted octanol–water partition coefficient (Wildman–Crippen LogP) is 1.52. The molecule has 148 valence electrons. The standard InChI is InChI=1S/C20H19FN6O2/c21-16-9-24-19(25-10-16)27-2-1-20(5-15(20)12-27)18(28)26-3-4-29-17-13(6-22)7-23-8-14(17)11-26/h7-10,15H,1-5,11-12H2. The van der Waals surface area contributed by atoms with Gasteiger partial charge in [0.25, 0.3) is 0 Å². The van der Waals surface area contributed by atoms with Crippen molar-refractivity contribution in [3.63, 3.8) is 0 Å². The van der Waals surface area contributed by atoms with Crippen LogP contribution in [-0.4, -0.2) is 52.0 Å². The van der Waals surface area contributed by atoms with Gasteiger partial charge in [0.1, 0.15) is 24.0 Å². The van der Waals surface area contributed by atoms with Crippen LogP contribution in [0.4, 0.5) is 10.3 Å². The van der Waals surface area contributed by atoms with Gasteiger partial charge in [0.05, 0.1) is 30.9 Å². The van der Waals surface area contributed by atoms with E-state index in [1.165, 1.54) is 18.6 Å². The summed E-state index contributed by atoms with van der Waals surface area (Å²) in [6.45, 7) is 2.59. The van der Waals surface area contributed by atoms with Gasteiger partial charge >= 0.3 is 0 Å². The summed E-state index contributed by atoms with van der Waals surface area (Å²) in [5.41, 5.74) is 0.814. The minimum atomic E-state index is -0.459. The summed E-state index contributed by atoms with van der Waals surface area (Å²) in [6.07, 6.45) is 7.04. The number of amides is 1. The lowest BCUT2D eigenvalue weighted by molar-refractivity contribution is -0.138. The molecule has 1 saturated heterocycles. The molecule has 2 aromatic heterocycles. The molecule has 1 amide bonds. The SMILES string of the molecule is N#Cc1cncc2c1OCCN(C(=O)C13CCN(c4ncc(F)cn4)CC1C3)C2. The second-order valence-corrected chi connectivity index (χ2v) is 7.82. The van der Waals surface area contributed by atoms with E-state index in [1.807, 2.05) is 9.80 Å². The Morgan fingerprint density at radius 2 is 2.10 bits per heavy atom. The zero-order valence-corrected chi connectivity index (χ0v) is 15.7. The van der Waals surface area contributed by atoms with Gasteiger partial charge < -0.3 is 14.5 Å². The van der Waals surface area contributed by atoms with Crippen LogP contribution >= 0.6 is 0 Å². The number of anilines is 1. The number of hydrogen-bond donors (Lipinski definition) is 0. The molecule has 0 spiro atoms. The van der Waals surface area contributed by atoms with E-state index in [9.17, 15) is 14.4 Å². The molecular weight excluding hydrogens is 375 g/mol. The molecule has 1 saturated carbocycles. The lowest BCUT2D eigenvalue weighted by Gasteiger charge is -2.33. The largest absolute Gasteiger partial charge is 0.490 e. The maximum Gasteiger partial charge on any atom is 0.229 e. The number of nitriles is 1. The number of ether oxygens (including phenoxy) is 1. The second kappa shape index (κ2) is 6.65. The molecule has 0 radical (unpaired) electrons. The molecule has 0 aromatic carbocycles. The van der Waals surface area contributed by atoms with Gasteiger partial charge in [-0.15, -0.1) is 0 Å². The van der Waals surface area contributed by atoms with Crippen LogP contribution < -0.4 is 9.64 Å². The average molecular weight is 394 g/mol. The first-order chi connectivity index (χ1) is 14.1. The fraction of sp³-hybridized carbons (Fsp3) is 0.450. The maximum absolute atomic E-state index is 13.4. The van der Waals surface area contributed by atoms with Gasteiger partial charge in [-0.25, -0.2) is 14.4 Å². The molecule has 3 aliphatic rings. The summed E-state index contributed by atoms with van der Waals surface area (Å²) in [6, 6.07) is 2.10. The van der Waals surface area contributed by atoms with Gasteiger partial charge in [-0.3, -0.25) is 9.78 Å². The fourth-order valence-electron chi connectivity index (χ4n) is 4.52. The van der Waals surface area contributed by atoms with Crippen LogP contribution in [0.2, 0.25) is 0 Å². The zero-order valence-electron chi connectivity index (χ0n) is 15.7. The highest BCUT2D eigenvalue weighted by Crippen LogP contribution is 2.59. The van der Waals surface area contributed by atoms with E-state index >= 15 is 0 Å². The number of piperidine rings is 1. The maximum atomic E-state index is 13.4. The van der Waals surface area contributed by atoms with Crippen LogP contribution in [0.25, 0.3) is 0 Å². The lowest BCUT2D eigenvalue weighted by atomic mass is 9.93. The summed E-state index contributed by atoms with van der Waals surface area (Å²) in [4.78, 5) is 29.5. The molecule has 0 bridgehead atoms. The first-order valence-corrected chi connectivity index (χ1v) is 9.62. The number of carbonyl (C=O) groups excluding carboxylic acids is 1. The Morgan fingerprint density at radius 3 is 2.86 bits per heavy atom. The monoisotopic (exact) mass is 394 g/mol. The van der Waals surface area contributed by atoms with Crippen LogP contribution in [-0.2, 0) is 11.3 Å². The number of nitrogens with zero attached hydrogens (tertiary/aromatic N) is 6. The first kappa shape index (κ1) is 17.8. The number of hydrogen-bond acceptors (Lipinski definition) is 7. The summed E-state index contributed by atoms with van der Waals surface area (Å²) in [7, 11) is 0. The molecule has 2 unspecified atom stereocenters. The van der Waals surface area contributed by atoms with E-state index in [1.54, 1.807) is 6.20 Å². The van der Waals surface area contributed by atoms with Gasteiger partial charge in [0, 0.05) is 31.0 Å². The third-order valence-electron chi connectivity index (χ3n) is 6.16. The van der Waals surface area contributed by atoms with Crippen molar-refractivity contribution in [1.29, 1.82) is 5.26 Å². The lowest BCUT2D eigenvalue weighted by Crippen LogP contribution is -2.45. The third kappa shape index (κ3) is 2.95. The molecule has 5 rings (SSSR count). The first-order valence-electron chi connectivity index (χ1n) is 9.62. The zero-order chi connectivity index (χ0) is 20.0. The molecule has 2 aliphatic heterocycles. The highest BCUT2D eigenvalue weighted by molar-refractivity contribution is 5.86. The molecule has 0 N–H and O–H groups in total. The van der Waals surface area contributed by atoms with Crippen LogP contribution in [0, 0.1) is 28.5 Å². The van der Waals surface area contributed by atoms with Crippen molar-refractivity contribution in [2.75, 3.05) is 31.1 Å². The molecule has 9 heteroatoms. The van der Waals surface area contributed by atoms with Crippen molar-refractivity contribution < 1.29 is 13.9 Å². The van der Waals surface area contributed by atoms with E-state index in [-0.39, 0.29) is 17.2 Å². The quantitative estimate of drug-likeness (QED) is 0.762. The van der Waals surface area contributed by atoms with Crippen LogP contribution in [0.15, 0.2) is 24.8 Å². The second-order valence-electron chi connectivity index (χ2n) is 7.82. The van der Waals surface area contributed by atoms with Crippen molar-refractivity contribution in [2.24, 2.45) is 11.3 Å². The number of fused-ring (bicyclic) bond motifs is 2. The van der Waals surface area contributed by atoms with E-state index < -0.39 is 5.82 Å². The minimum absolute atomic E-state index is 0.140. The Balaban J connectivity index is 1.31. The highest BCUT2D eigenvalue weighted by atomic mass is 19.1. The van der Waals surface area contributed by atoms with Crippen molar-refractivity contribution in [1.82, 2.24) is 19.9 Å². The smallest absolute Gasteiger partial charge is 0.229 e. The van der Waals surface area contributed by atoms with Gasteiger partial charge in [-0.2, -0.15) is 5.26 Å². The Bertz CT molecular complexity index is 1010. The van der Waals surface area contributed by atoms with Crippen LogP contribution in [0.3, 0.4) is 0 Å². The van der Waals surface area contributed by atoms with Crippen molar-refractivity contribution in [3.05, 3.63) is 41.7 Å². The number of aromatic nitrogens is 3. The number of pyridine rings is 1. The van der Waals surface area contributed by atoms with Crippen LogP contribution in [0.5, 0.6) is 5.75 Å². The Labute approximate surface area is 166 Å². The highest BCUT2D eigenvalue weighted by Gasteiger charge is 2.63. The molecule has 2 aromatic rings. The van der Waals surface area contributed by atoms with Crippen molar-refractivity contribution in [3.8, 4) is 11.8 Å². The van der Waals surface area contributed by atoms with Crippen molar-refractivity contribution in [2.45, 2.75) is 19.4 Å². The summed E-state index contributed by atoms with van der Waals surface area (Å²) in [5.74, 6) is 0.961. The fourth-order valence-corrected chi connectivity index (χ4v) is 4.52. The van der Waals surface area contributed by atoms with Crippen LogP contribution in [0.1, 0.15) is 24.0 Å². The summed E-state index contributed by atoms with van der Waals surface area (Å²) in [5, 5.41) is 9.26. The van der Waals surface area contributed by atoms with Gasteiger partial charge in [-0.05, 0) is 18.8 Å². The minimum Gasteiger partial charge on any atom is -0.490 e. The molecule has 2 fully saturated rings. The average Bonchev–Trinajstić information content (AvgIpc) is 3.51. The summed E-state index contributed by atoms with van der Waals surface area (Å²) < 4.78 is 18.8. The van der Waals surface area contributed by atoms with Gasteiger partial charge in [-0.1, -0.05) is 0 Å². The van der Waals surface area contributed by atoms with E-state index in [0.29, 0.717) is 50.0 Å². The van der Waals surface area contributed by atoms with E-state index in [2.05, 4.69) is 21.0 Å². The van der Waals surface area contributed by atoms with E-state index in [0.717, 1.165) is 18.4 Å². The van der Waals surface area contributed by atoms with Gasteiger partial charge in [0.2, 0.25) is 11.9 Å². The summed E-state index contributed by atoms with van der Waals surface area (Å²) >= 11 is 0. The number of rotatable bonds is 2. The van der Waals surface area contributed by atoms with Crippen molar-refractivity contribution >= 4 is 11.9 Å². The molecule has 8 nitrogen and oxygen atoms in total. The van der Waals surface area contributed by atoms with Gasteiger partial charge in [0.15, 0.2) is 5.82 Å². The molecule has 1 aliphatic carbocycles. The van der Waals surface area contributed by atoms with E-state index in [4.69, 9.17) is 4.74 Å². The number of halogens is 1. The molecule has 2 atom stereocenters. The third-order valence-corrected chi connectivity index (χ3v) is 6.16. The predicted molar refractivity (Wildman–Crippen MR) is 99.2 cm³/mol. The Kier molecular flexibility index (Phi) is 4.08. The molecule has 29 heavy (non-hydrogen) atoms. The Hall–Kier alpha value is -3.28. The molecular formula is C20H19FN6O2. The number of carbonyl (C=O) groups is 1. The molecule has 4 heterocycles.